The van der Waals surface area contributed by atoms with Crippen LogP contribution in [0.1, 0.15) is 5.69 Å². The van der Waals surface area contributed by atoms with Gasteiger partial charge in [0.25, 0.3) is 0 Å². The zero-order valence-corrected chi connectivity index (χ0v) is 8.79. The molecule has 0 saturated carbocycles. The van der Waals surface area contributed by atoms with E-state index in [0.717, 1.165) is 24.1 Å². The molecule has 0 fully saturated rings. The Hall–Kier alpha value is -0.410. The van der Waals surface area contributed by atoms with Crippen molar-refractivity contribution in [1.29, 1.82) is 0 Å². The number of alkyl halides is 1. The molecular formula is C9H13BrN2. The molecule has 0 spiro atoms. The average molecular weight is 229 g/mol. The predicted octanol–water partition coefficient (Wildman–Crippen LogP) is 1.91. The van der Waals surface area contributed by atoms with Crippen molar-refractivity contribution in [1.82, 2.24) is 9.88 Å². The van der Waals surface area contributed by atoms with Crippen LogP contribution in [-0.2, 0) is 6.54 Å². The number of nitrogens with zero attached hydrogens (tertiary/aromatic N) is 2. The van der Waals surface area contributed by atoms with E-state index in [1.165, 1.54) is 0 Å². The summed E-state index contributed by atoms with van der Waals surface area (Å²) in [5, 5.41) is 1.01. The minimum Gasteiger partial charge on any atom is -0.300 e. The van der Waals surface area contributed by atoms with Gasteiger partial charge in [0.2, 0.25) is 0 Å². The molecule has 1 aromatic rings. The van der Waals surface area contributed by atoms with Gasteiger partial charge in [0.1, 0.15) is 0 Å². The van der Waals surface area contributed by atoms with Gasteiger partial charge >= 0.3 is 0 Å². The van der Waals surface area contributed by atoms with E-state index >= 15 is 0 Å². The lowest BCUT2D eigenvalue weighted by Crippen LogP contribution is -2.20. The first kappa shape index (κ1) is 9.68. The molecule has 0 N–H and O–H groups in total. The highest BCUT2D eigenvalue weighted by molar-refractivity contribution is 9.09. The minimum absolute atomic E-state index is 0.923. The largest absolute Gasteiger partial charge is 0.300 e. The molecule has 1 aromatic heterocycles. The summed E-state index contributed by atoms with van der Waals surface area (Å²) >= 11 is 3.40. The van der Waals surface area contributed by atoms with Crippen LogP contribution in [0.2, 0.25) is 0 Å². The summed E-state index contributed by atoms with van der Waals surface area (Å²) in [5.74, 6) is 0. The molecule has 12 heavy (non-hydrogen) atoms. The molecule has 0 aliphatic carbocycles. The Bertz CT molecular complexity index is 213. The third kappa shape index (κ3) is 3.32. The Morgan fingerprint density at radius 3 is 2.92 bits per heavy atom. The SMILES string of the molecule is CN(CCBr)Cc1ccccn1. The molecule has 0 unspecified atom stereocenters. The highest BCUT2D eigenvalue weighted by Gasteiger charge is 1.98. The van der Waals surface area contributed by atoms with Crippen molar-refractivity contribution in [3.63, 3.8) is 0 Å². The second-order valence-corrected chi connectivity index (χ2v) is 3.54. The first-order valence-electron chi connectivity index (χ1n) is 3.97. The number of rotatable bonds is 4. The molecule has 0 aliphatic heterocycles. The van der Waals surface area contributed by atoms with E-state index in [1.807, 2.05) is 24.4 Å². The van der Waals surface area contributed by atoms with Gasteiger partial charge in [0.15, 0.2) is 0 Å². The molecule has 0 radical (unpaired) electrons. The molecular weight excluding hydrogens is 216 g/mol. The van der Waals surface area contributed by atoms with E-state index in [0.29, 0.717) is 0 Å². The van der Waals surface area contributed by atoms with Gasteiger partial charge in [-0.05, 0) is 19.2 Å². The Labute approximate surface area is 81.7 Å². The van der Waals surface area contributed by atoms with Crippen LogP contribution in [-0.4, -0.2) is 28.8 Å². The number of aromatic nitrogens is 1. The van der Waals surface area contributed by atoms with Gasteiger partial charge < -0.3 is 0 Å². The first-order chi connectivity index (χ1) is 5.83. The highest BCUT2D eigenvalue weighted by atomic mass is 79.9. The van der Waals surface area contributed by atoms with Gasteiger partial charge in [0.05, 0.1) is 5.69 Å². The highest BCUT2D eigenvalue weighted by Crippen LogP contribution is 1.98. The molecule has 0 amide bonds. The van der Waals surface area contributed by atoms with Gasteiger partial charge in [-0.25, -0.2) is 0 Å². The fraction of sp³-hybridized carbons (Fsp3) is 0.444. The average Bonchev–Trinajstić information content (AvgIpc) is 2.06. The second kappa shape index (κ2) is 5.27. The van der Waals surface area contributed by atoms with Gasteiger partial charge in [-0.3, -0.25) is 9.88 Å². The second-order valence-electron chi connectivity index (χ2n) is 2.75. The van der Waals surface area contributed by atoms with Crippen molar-refractivity contribution < 1.29 is 0 Å². The standard InChI is InChI=1S/C9H13BrN2/c1-12(7-5-10)8-9-4-2-3-6-11-9/h2-4,6H,5,7-8H2,1H3. The van der Waals surface area contributed by atoms with Gasteiger partial charge in [0, 0.05) is 24.6 Å². The first-order valence-corrected chi connectivity index (χ1v) is 5.09. The maximum absolute atomic E-state index is 4.24. The Kier molecular flexibility index (Phi) is 4.25. The van der Waals surface area contributed by atoms with Crippen LogP contribution >= 0.6 is 15.9 Å². The molecule has 0 aromatic carbocycles. The molecule has 66 valence electrons. The summed E-state index contributed by atoms with van der Waals surface area (Å²) in [6.07, 6.45) is 1.83. The monoisotopic (exact) mass is 228 g/mol. The van der Waals surface area contributed by atoms with Crippen LogP contribution in [0.25, 0.3) is 0 Å². The van der Waals surface area contributed by atoms with Gasteiger partial charge in [-0.15, -0.1) is 0 Å². The zero-order chi connectivity index (χ0) is 8.81. The van der Waals surface area contributed by atoms with Crippen LogP contribution in [0, 0.1) is 0 Å². The molecule has 0 aliphatic rings. The summed E-state index contributed by atoms with van der Waals surface area (Å²) in [6.45, 7) is 1.98. The molecule has 1 heterocycles. The van der Waals surface area contributed by atoms with Gasteiger partial charge in [-0.2, -0.15) is 0 Å². The molecule has 0 bridgehead atoms. The third-order valence-electron chi connectivity index (χ3n) is 1.62. The van der Waals surface area contributed by atoms with E-state index in [2.05, 4.69) is 32.9 Å². The van der Waals surface area contributed by atoms with E-state index in [4.69, 9.17) is 0 Å². The van der Waals surface area contributed by atoms with Crippen molar-refractivity contribution >= 4 is 15.9 Å². The quantitative estimate of drug-likeness (QED) is 0.733. The van der Waals surface area contributed by atoms with Crippen molar-refractivity contribution in [2.75, 3.05) is 18.9 Å². The maximum Gasteiger partial charge on any atom is 0.0543 e. The molecule has 2 nitrogen and oxygen atoms in total. The van der Waals surface area contributed by atoms with Crippen molar-refractivity contribution in [2.24, 2.45) is 0 Å². The van der Waals surface area contributed by atoms with Crippen molar-refractivity contribution in [3.05, 3.63) is 30.1 Å². The van der Waals surface area contributed by atoms with Crippen LogP contribution in [0.4, 0.5) is 0 Å². The van der Waals surface area contributed by atoms with E-state index < -0.39 is 0 Å². The maximum atomic E-state index is 4.24. The lowest BCUT2D eigenvalue weighted by molar-refractivity contribution is 0.345. The predicted molar refractivity (Wildman–Crippen MR) is 54.4 cm³/mol. The number of pyridine rings is 1. The minimum atomic E-state index is 0.923. The Morgan fingerprint density at radius 1 is 1.50 bits per heavy atom. The fourth-order valence-electron chi connectivity index (χ4n) is 0.992. The number of hydrogen-bond donors (Lipinski definition) is 0. The van der Waals surface area contributed by atoms with E-state index in [-0.39, 0.29) is 0 Å². The summed E-state index contributed by atoms with van der Waals surface area (Å²) in [6, 6.07) is 6.00. The van der Waals surface area contributed by atoms with Crippen LogP contribution < -0.4 is 0 Å². The molecule has 1 rings (SSSR count). The lowest BCUT2D eigenvalue weighted by atomic mass is 10.3. The lowest BCUT2D eigenvalue weighted by Gasteiger charge is -2.13. The Morgan fingerprint density at radius 2 is 2.33 bits per heavy atom. The third-order valence-corrected chi connectivity index (χ3v) is 1.98. The molecule has 0 saturated heterocycles. The zero-order valence-electron chi connectivity index (χ0n) is 7.20. The Balaban J connectivity index is 2.41. The van der Waals surface area contributed by atoms with Crippen LogP contribution in [0.5, 0.6) is 0 Å². The van der Waals surface area contributed by atoms with Crippen molar-refractivity contribution in [2.45, 2.75) is 6.54 Å². The summed E-state index contributed by atoms with van der Waals surface area (Å²) in [4.78, 5) is 6.48. The van der Waals surface area contributed by atoms with E-state index in [9.17, 15) is 0 Å². The smallest absolute Gasteiger partial charge is 0.0543 e. The topological polar surface area (TPSA) is 16.1 Å². The van der Waals surface area contributed by atoms with Crippen LogP contribution in [0.15, 0.2) is 24.4 Å². The number of hydrogen-bond acceptors (Lipinski definition) is 2. The fourth-order valence-corrected chi connectivity index (χ4v) is 1.60. The van der Waals surface area contributed by atoms with Gasteiger partial charge in [-0.1, -0.05) is 22.0 Å². The van der Waals surface area contributed by atoms with Crippen molar-refractivity contribution in [3.8, 4) is 0 Å². The summed E-state index contributed by atoms with van der Waals surface area (Å²) in [7, 11) is 2.09. The normalized spacial score (nSPS) is 10.6. The molecule has 3 heteroatoms. The van der Waals surface area contributed by atoms with Crippen LogP contribution in [0.3, 0.4) is 0 Å². The number of halogens is 1. The molecule has 0 atom stereocenters. The van der Waals surface area contributed by atoms with E-state index in [1.54, 1.807) is 0 Å². The summed E-state index contributed by atoms with van der Waals surface area (Å²) < 4.78 is 0. The summed E-state index contributed by atoms with van der Waals surface area (Å²) in [5.41, 5.74) is 1.13.